The second-order valence-corrected chi connectivity index (χ2v) is 4.14. The van der Waals surface area contributed by atoms with Gasteiger partial charge >= 0.3 is 0 Å². The van der Waals surface area contributed by atoms with E-state index >= 15 is 0 Å². The summed E-state index contributed by atoms with van der Waals surface area (Å²) in [5, 5.41) is 9.62. The molecule has 0 radical (unpaired) electrons. The predicted molar refractivity (Wildman–Crippen MR) is 54.3 cm³/mol. The van der Waals surface area contributed by atoms with Crippen molar-refractivity contribution in [1.29, 1.82) is 5.26 Å². The largest absolute Gasteiger partial charge is 0.300 e. The van der Waals surface area contributed by atoms with E-state index in [0.29, 0.717) is 5.52 Å². The van der Waals surface area contributed by atoms with E-state index in [0.717, 1.165) is 9.84 Å². The Hall–Kier alpha value is -1.67. The minimum Gasteiger partial charge on any atom is -0.300 e. The quantitative estimate of drug-likeness (QED) is 0.648. The Kier molecular flexibility index (Phi) is 1.86. The van der Waals surface area contributed by atoms with Gasteiger partial charge in [0.1, 0.15) is 16.5 Å². The Morgan fingerprint density at radius 1 is 1.64 bits per heavy atom. The summed E-state index contributed by atoms with van der Waals surface area (Å²) in [7, 11) is 1.66. The van der Waals surface area contributed by atoms with Gasteiger partial charge in [-0.15, -0.1) is 11.3 Å². The van der Waals surface area contributed by atoms with E-state index in [1.807, 2.05) is 13.0 Å². The molecule has 0 aliphatic rings. The van der Waals surface area contributed by atoms with Crippen LogP contribution in [0.3, 0.4) is 0 Å². The van der Waals surface area contributed by atoms with Crippen molar-refractivity contribution in [3.8, 4) is 6.07 Å². The lowest BCUT2D eigenvalue weighted by atomic mass is 10.3. The summed E-state index contributed by atoms with van der Waals surface area (Å²) >= 11 is 1.45. The molecule has 2 aromatic heterocycles. The third-order valence-electron chi connectivity index (χ3n) is 1.98. The Labute approximate surface area is 84.1 Å². The van der Waals surface area contributed by atoms with Gasteiger partial charge in [0.15, 0.2) is 0 Å². The summed E-state index contributed by atoms with van der Waals surface area (Å²) in [6, 6.07) is 3.41. The number of hydrogen-bond acceptors (Lipinski definition) is 4. The molecule has 0 aliphatic heterocycles. The minimum absolute atomic E-state index is 0.144. The monoisotopic (exact) mass is 205 g/mol. The van der Waals surface area contributed by atoms with E-state index in [2.05, 4.69) is 4.98 Å². The summed E-state index contributed by atoms with van der Waals surface area (Å²) in [6.45, 7) is 1.88. The van der Waals surface area contributed by atoms with Gasteiger partial charge in [0.2, 0.25) is 0 Å². The van der Waals surface area contributed by atoms with E-state index in [9.17, 15) is 4.79 Å². The summed E-state index contributed by atoms with van der Waals surface area (Å²) in [4.78, 5) is 16.6. The molecule has 0 unspecified atom stereocenters. The summed E-state index contributed by atoms with van der Waals surface area (Å²) in [5.41, 5.74) is 0.597. The van der Waals surface area contributed by atoms with Gasteiger partial charge in [-0.25, -0.2) is 4.98 Å². The van der Waals surface area contributed by atoms with Crippen molar-refractivity contribution < 1.29 is 0 Å². The predicted octanol–water partition coefficient (Wildman–Crippen LogP) is 1.18. The zero-order valence-corrected chi connectivity index (χ0v) is 8.55. The van der Waals surface area contributed by atoms with Crippen LogP contribution in [-0.2, 0) is 7.05 Å². The fraction of sp³-hybridized carbons (Fsp3) is 0.222. The minimum atomic E-state index is -0.261. The van der Waals surface area contributed by atoms with Crippen molar-refractivity contribution in [3.05, 3.63) is 27.0 Å². The molecule has 70 valence electrons. The van der Waals surface area contributed by atoms with Gasteiger partial charge in [-0.2, -0.15) is 5.26 Å². The molecule has 0 aromatic carbocycles. The van der Waals surface area contributed by atoms with Crippen molar-refractivity contribution in [2.24, 2.45) is 7.05 Å². The molecule has 4 nitrogen and oxygen atoms in total. The number of thiazole rings is 1. The Morgan fingerprint density at radius 3 is 3.00 bits per heavy atom. The molecule has 0 bridgehead atoms. The first-order valence-corrected chi connectivity index (χ1v) is 4.82. The second kappa shape index (κ2) is 2.93. The van der Waals surface area contributed by atoms with Crippen LogP contribution in [0.1, 0.15) is 10.6 Å². The van der Waals surface area contributed by atoms with E-state index in [4.69, 9.17) is 5.26 Å². The van der Waals surface area contributed by atoms with Crippen LogP contribution in [0.2, 0.25) is 0 Å². The smallest absolute Gasteiger partial charge is 0.269 e. The molecule has 2 aromatic rings. The van der Waals surface area contributed by atoms with Gasteiger partial charge in [0, 0.05) is 7.05 Å². The molecular weight excluding hydrogens is 198 g/mol. The number of aromatic nitrogens is 2. The Balaban J connectivity index is 3.00. The molecule has 2 rings (SSSR count). The maximum atomic E-state index is 11.5. The van der Waals surface area contributed by atoms with Gasteiger partial charge in [0.25, 0.3) is 5.56 Å². The maximum absolute atomic E-state index is 11.5. The van der Waals surface area contributed by atoms with Gasteiger partial charge < -0.3 is 4.57 Å². The molecule has 0 fully saturated rings. The number of hydrogen-bond donors (Lipinski definition) is 0. The average molecular weight is 205 g/mol. The highest BCUT2D eigenvalue weighted by Gasteiger charge is 2.09. The van der Waals surface area contributed by atoms with Gasteiger partial charge in [0.05, 0.1) is 10.5 Å². The van der Waals surface area contributed by atoms with Crippen LogP contribution in [0.4, 0.5) is 0 Å². The lowest BCUT2D eigenvalue weighted by molar-refractivity contribution is 0.908. The lowest BCUT2D eigenvalue weighted by Gasteiger charge is -1.97. The highest BCUT2D eigenvalue weighted by Crippen LogP contribution is 2.19. The molecule has 2 heterocycles. The topological polar surface area (TPSA) is 58.7 Å². The summed E-state index contributed by atoms with van der Waals surface area (Å²) in [5.74, 6) is 0. The highest BCUT2D eigenvalue weighted by atomic mass is 32.1. The summed E-state index contributed by atoms with van der Waals surface area (Å²) < 4.78 is 1.47. The van der Waals surface area contributed by atoms with Gasteiger partial charge in [-0.1, -0.05) is 0 Å². The van der Waals surface area contributed by atoms with Crippen molar-refractivity contribution in [1.82, 2.24) is 9.55 Å². The number of pyridine rings is 1. The summed E-state index contributed by atoms with van der Waals surface area (Å²) in [6.07, 6.45) is 0. The van der Waals surface area contributed by atoms with Crippen LogP contribution in [0, 0.1) is 18.3 Å². The molecule has 0 N–H and O–H groups in total. The number of nitrogens with zero attached hydrogens (tertiary/aromatic N) is 3. The highest BCUT2D eigenvalue weighted by molar-refractivity contribution is 7.18. The first-order valence-electron chi connectivity index (χ1n) is 4.00. The first kappa shape index (κ1) is 8.91. The zero-order chi connectivity index (χ0) is 10.3. The van der Waals surface area contributed by atoms with Crippen LogP contribution in [0.5, 0.6) is 0 Å². The van der Waals surface area contributed by atoms with E-state index in [1.54, 1.807) is 13.1 Å². The molecule has 5 heteroatoms. The lowest BCUT2D eigenvalue weighted by Crippen LogP contribution is -2.18. The van der Waals surface area contributed by atoms with E-state index in [1.165, 1.54) is 15.9 Å². The van der Waals surface area contributed by atoms with Crippen LogP contribution >= 0.6 is 11.3 Å². The molecule has 0 spiro atoms. The zero-order valence-electron chi connectivity index (χ0n) is 7.74. The standard InChI is InChI=1S/C9H7N3OS/c1-5-11-7-3-6(4-10)8(13)12(2)9(7)14-5/h3H,1-2H3. The van der Waals surface area contributed by atoms with Crippen LogP contribution < -0.4 is 5.56 Å². The fourth-order valence-electron chi connectivity index (χ4n) is 1.32. The van der Waals surface area contributed by atoms with Crippen LogP contribution in [-0.4, -0.2) is 9.55 Å². The first-order chi connectivity index (χ1) is 6.63. The molecule has 14 heavy (non-hydrogen) atoms. The fourth-order valence-corrected chi connectivity index (χ4v) is 2.17. The Bertz CT molecular complexity index is 603. The van der Waals surface area contributed by atoms with Crippen molar-refractivity contribution in [2.45, 2.75) is 6.92 Å². The normalized spacial score (nSPS) is 10.4. The third kappa shape index (κ3) is 1.12. The Morgan fingerprint density at radius 2 is 2.36 bits per heavy atom. The van der Waals surface area contributed by atoms with Crippen LogP contribution in [0.25, 0.3) is 10.3 Å². The molecular formula is C9H7N3OS. The molecule has 0 aliphatic carbocycles. The van der Waals surface area contributed by atoms with Crippen molar-refractivity contribution in [2.75, 3.05) is 0 Å². The van der Waals surface area contributed by atoms with Gasteiger partial charge in [-0.3, -0.25) is 4.79 Å². The molecule has 0 atom stereocenters. The SMILES string of the molecule is Cc1nc2cc(C#N)c(=O)n(C)c2s1. The third-order valence-corrected chi connectivity index (χ3v) is 3.05. The van der Waals surface area contributed by atoms with Crippen molar-refractivity contribution in [3.63, 3.8) is 0 Å². The number of aryl methyl sites for hydroxylation is 2. The second-order valence-electron chi connectivity index (χ2n) is 2.96. The number of rotatable bonds is 0. The number of fused-ring (bicyclic) bond motifs is 1. The van der Waals surface area contributed by atoms with Crippen LogP contribution in [0.15, 0.2) is 10.9 Å². The van der Waals surface area contributed by atoms with E-state index in [-0.39, 0.29) is 11.1 Å². The molecule has 0 amide bonds. The number of nitriles is 1. The molecule has 0 saturated heterocycles. The average Bonchev–Trinajstić information content (AvgIpc) is 2.52. The van der Waals surface area contributed by atoms with E-state index < -0.39 is 0 Å². The van der Waals surface area contributed by atoms with Gasteiger partial charge in [-0.05, 0) is 13.0 Å². The van der Waals surface area contributed by atoms with Crippen molar-refractivity contribution >= 4 is 21.7 Å². The molecule has 0 saturated carbocycles. The maximum Gasteiger partial charge on any atom is 0.269 e.